The fraction of sp³-hybridized carbons (Fsp3) is 0.125. The highest BCUT2D eigenvalue weighted by molar-refractivity contribution is 5.93. The van der Waals surface area contributed by atoms with Gasteiger partial charge in [0.1, 0.15) is 6.33 Å². The van der Waals surface area contributed by atoms with Crippen LogP contribution >= 0.6 is 0 Å². The van der Waals surface area contributed by atoms with Crippen molar-refractivity contribution in [3.63, 3.8) is 0 Å². The summed E-state index contributed by atoms with van der Waals surface area (Å²) in [6.07, 6.45) is 3.00. The average Bonchev–Trinajstić information content (AvgIpc) is 2.77. The van der Waals surface area contributed by atoms with Gasteiger partial charge in [0.25, 0.3) is 5.95 Å². The van der Waals surface area contributed by atoms with Crippen molar-refractivity contribution < 1.29 is 5.21 Å². The van der Waals surface area contributed by atoms with Crippen molar-refractivity contribution >= 4 is 5.84 Å². The number of aryl methyl sites for hydroxylation is 1. The summed E-state index contributed by atoms with van der Waals surface area (Å²) < 4.78 is 1.35. The Morgan fingerprint density at radius 1 is 1.50 bits per heavy atom. The van der Waals surface area contributed by atoms with Crippen molar-refractivity contribution in [2.45, 2.75) is 6.92 Å². The number of hydrogen-bond donors (Lipinski definition) is 2. The summed E-state index contributed by atoms with van der Waals surface area (Å²) in [4.78, 5) is 12.0. The highest BCUT2D eigenvalue weighted by Gasteiger charge is 2.08. The van der Waals surface area contributed by atoms with Gasteiger partial charge < -0.3 is 10.9 Å². The van der Waals surface area contributed by atoms with E-state index in [2.05, 4.69) is 25.2 Å². The van der Waals surface area contributed by atoms with Crippen LogP contribution in [-0.4, -0.2) is 35.8 Å². The minimum Gasteiger partial charge on any atom is -0.409 e. The van der Waals surface area contributed by atoms with Crippen molar-refractivity contribution in [3.05, 3.63) is 30.1 Å². The van der Waals surface area contributed by atoms with Crippen LogP contribution in [0.3, 0.4) is 0 Å². The molecule has 0 spiro atoms. The molecule has 0 radical (unpaired) electrons. The molecule has 0 aliphatic rings. The van der Waals surface area contributed by atoms with Gasteiger partial charge in [0, 0.05) is 11.9 Å². The van der Waals surface area contributed by atoms with Crippen LogP contribution in [0.25, 0.3) is 5.95 Å². The third-order valence-corrected chi connectivity index (χ3v) is 1.82. The molecule has 82 valence electrons. The average molecular weight is 219 g/mol. The van der Waals surface area contributed by atoms with Gasteiger partial charge in [0.2, 0.25) is 11.7 Å². The zero-order valence-corrected chi connectivity index (χ0v) is 8.44. The number of aromatic nitrogens is 5. The Bertz CT molecular complexity index is 533. The van der Waals surface area contributed by atoms with E-state index in [1.807, 2.05) is 6.92 Å². The predicted molar refractivity (Wildman–Crippen MR) is 54.2 cm³/mol. The molecule has 0 atom stereocenters. The van der Waals surface area contributed by atoms with Gasteiger partial charge in [-0.1, -0.05) is 5.16 Å². The Labute approximate surface area is 90.5 Å². The van der Waals surface area contributed by atoms with E-state index in [0.29, 0.717) is 5.95 Å². The lowest BCUT2D eigenvalue weighted by Crippen LogP contribution is -2.15. The number of nitrogens with zero attached hydrogens (tertiary/aromatic N) is 6. The number of hydrogen-bond acceptors (Lipinski definition) is 6. The SMILES string of the molecule is Cc1ccnc(-n2cnc(C(N)=NO)n2)n1. The molecular weight excluding hydrogens is 210 g/mol. The molecule has 0 saturated carbocycles. The van der Waals surface area contributed by atoms with Gasteiger partial charge in [-0.3, -0.25) is 0 Å². The second-order valence-corrected chi connectivity index (χ2v) is 3.00. The van der Waals surface area contributed by atoms with E-state index < -0.39 is 0 Å². The fourth-order valence-electron chi connectivity index (χ4n) is 1.07. The lowest BCUT2D eigenvalue weighted by molar-refractivity contribution is 0.318. The van der Waals surface area contributed by atoms with Gasteiger partial charge in [-0.25, -0.2) is 15.0 Å². The first-order valence-electron chi connectivity index (χ1n) is 4.40. The molecule has 16 heavy (non-hydrogen) atoms. The Morgan fingerprint density at radius 2 is 2.31 bits per heavy atom. The van der Waals surface area contributed by atoms with E-state index in [1.54, 1.807) is 12.3 Å². The van der Waals surface area contributed by atoms with E-state index >= 15 is 0 Å². The van der Waals surface area contributed by atoms with E-state index in [0.717, 1.165) is 5.69 Å². The maximum atomic E-state index is 8.45. The van der Waals surface area contributed by atoms with E-state index in [1.165, 1.54) is 11.0 Å². The van der Waals surface area contributed by atoms with Crippen molar-refractivity contribution in [1.29, 1.82) is 0 Å². The van der Waals surface area contributed by atoms with Crippen molar-refractivity contribution in [1.82, 2.24) is 24.7 Å². The molecule has 0 unspecified atom stereocenters. The Morgan fingerprint density at radius 3 is 3.00 bits per heavy atom. The normalized spacial score (nSPS) is 11.7. The Balaban J connectivity index is 2.39. The summed E-state index contributed by atoms with van der Waals surface area (Å²) in [6.45, 7) is 1.84. The van der Waals surface area contributed by atoms with Crippen LogP contribution in [0.15, 0.2) is 23.7 Å². The maximum absolute atomic E-state index is 8.45. The van der Waals surface area contributed by atoms with Gasteiger partial charge in [-0.2, -0.15) is 4.68 Å². The molecule has 2 aromatic rings. The molecule has 0 fully saturated rings. The molecule has 8 heteroatoms. The molecular formula is C8H9N7O. The van der Waals surface area contributed by atoms with Crippen molar-refractivity contribution in [2.75, 3.05) is 0 Å². The first-order valence-corrected chi connectivity index (χ1v) is 4.40. The zero-order valence-electron chi connectivity index (χ0n) is 8.44. The Kier molecular flexibility index (Phi) is 2.46. The standard InChI is InChI=1S/C8H9N7O/c1-5-2-3-10-8(12-5)15-4-11-7(13-15)6(9)14-16/h2-4,16H,1H3,(H2,9,14). The largest absolute Gasteiger partial charge is 0.409 e. The van der Waals surface area contributed by atoms with Crippen LogP contribution in [0.1, 0.15) is 11.5 Å². The molecule has 0 aliphatic carbocycles. The zero-order chi connectivity index (χ0) is 11.5. The first kappa shape index (κ1) is 10.0. The van der Waals surface area contributed by atoms with Crippen LogP contribution in [0, 0.1) is 6.92 Å². The molecule has 0 aromatic carbocycles. The quantitative estimate of drug-likeness (QED) is 0.303. The minimum atomic E-state index is -0.161. The summed E-state index contributed by atoms with van der Waals surface area (Å²) in [5, 5.41) is 15.2. The van der Waals surface area contributed by atoms with Crippen LogP contribution in [0.2, 0.25) is 0 Å². The lowest BCUT2D eigenvalue weighted by Gasteiger charge is -1.97. The molecule has 0 aliphatic heterocycles. The monoisotopic (exact) mass is 219 g/mol. The van der Waals surface area contributed by atoms with E-state index in [-0.39, 0.29) is 11.7 Å². The molecule has 8 nitrogen and oxygen atoms in total. The van der Waals surface area contributed by atoms with Crippen molar-refractivity contribution in [2.24, 2.45) is 10.9 Å². The fourth-order valence-corrected chi connectivity index (χ4v) is 1.07. The molecule has 2 aromatic heterocycles. The summed E-state index contributed by atoms with van der Waals surface area (Å²) in [5.74, 6) is 0.337. The van der Waals surface area contributed by atoms with Gasteiger partial charge in [0.05, 0.1) is 0 Å². The number of amidine groups is 1. The summed E-state index contributed by atoms with van der Waals surface area (Å²) in [7, 11) is 0. The van der Waals surface area contributed by atoms with E-state index in [4.69, 9.17) is 10.9 Å². The number of oxime groups is 1. The lowest BCUT2D eigenvalue weighted by atomic mass is 10.5. The summed E-state index contributed by atoms with van der Waals surface area (Å²) in [5.41, 5.74) is 6.15. The van der Waals surface area contributed by atoms with Gasteiger partial charge in [-0.05, 0) is 13.0 Å². The van der Waals surface area contributed by atoms with E-state index in [9.17, 15) is 0 Å². The van der Waals surface area contributed by atoms with Crippen LogP contribution in [0.4, 0.5) is 0 Å². The highest BCUT2D eigenvalue weighted by atomic mass is 16.4. The molecule has 0 bridgehead atoms. The second-order valence-electron chi connectivity index (χ2n) is 3.00. The summed E-state index contributed by atoms with van der Waals surface area (Å²) in [6, 6.07) is 1.77. The van der Waals surface area contributed by atoms with Crippen molar-refractivity contribution in [3.8, 4) is 5.95 Å². The van der Waals surface area contributed by atoms with Gasteiger partial charge >= 0.3 is 0 Å². The second kappa shape index (κ2) is 3.93. The smallest absolute Gasteiger partial charge is 0.252 e. The topological polar surface area (TPSA) is 115 Å². The summed E-state index contributed by atoms with van der Waals surface area (Å²) >= 11 is 0. The third-order valence-electron chi connectivity index (χ3n) is 1.82. The van der Waals surface area contributed by atoms with Crippen LogP contribution < -0.4 is 5.73 Å². The molecule has 3 N–H and O–H groups in total. The molecule has 0 saturated heterocycles. The molecule has 2 heterocycles. The maximum Gasteiger partial charge on any atom is 0.252 e. The number of nitrogens with two attached hydrogens (primary N) is 1. The van der Waals surface area contributed by atoms with Crippen LogP contribution in [-0.2, 0) is 0 Å². The highest BCUT2D eigenvalue weighted by Crippen LogP contribution is 1.99. The molecule has 2 rings (SSSR count). The van der Waals surface area contributed by atoms with Gasteiger partial charge in [-0.15, -0.1) is 5.10 Å². The first-order chi connectivity index (χ1) is 7.70. The molecule has 0 amide bonds. The van der Waals surface area contributed by atoms with Crippen LogP contribution in [0.5, 0.6) is 0 Å². The number of rotatable bonds is 2. The minimum absolute atomic E-state index is 0.118. The Hall–Kier alpha value is -2.51. The predicted octanol–water partition coefficient (Wildman–Crippen LogP) is -0.540. The van der Waals surface area contributed by atoms with Gasteiger partial charge in [0.15, 0.2) is 0 Å². The third kappa shape index (κ3) is 1.80.